The average Bonchev–Trinajstić information content (AvgIpc) is 2.43. The van der Waals surface area contributed by atoms with Crippen molar-refractivity contribution >= 4 is 5.91 Å². The second-order valence-corrected chi connectivity index (χ2v) is 6.33. The van der Waals surface area contributed by atoms with E-state index in [1.165, 1.54) is 6.42 Å². The van der Waals surface area contributed by atoms with E-state index in [1.807, 2.05) is 4.90 Å². The fourth-order valence-corrected chi connectivity index (χ4v) is 3.32. The Kier molecular flexibility index (Phi) is 4.85. The van der Waals surface area contributed by atoms with E-state index in [2.05, 4.69) is 19.2 Å². The van der Waals surface area contributed by atoms with Gasteiger partial charge in [-0.25, -0.2) is 0 Å². The van der Waals surface area contributed by atoms with Crippen LogP contribution in [0.3, 0.4) is 0 Å². The maximum absolute atomic E-state index is 12.2. The minimum absolute atomic E-state index is 0.188. The van der Waals surface area contributed by atoms with Gasteiger partial charge in [0.05, 0.1) is 12.1 Å². The summed E-state index contributed by atoms with van der Waals surface area (Å²) < 4.78 is 0. The summed E-state index contributed by atoms with van der Waals surface area (Å²) in [6.45, 7) is 6.11. The van der Waals surface area contributed by atoms with Crippen molar-refractivity contribution in [2.45, 2.75) is 64.0 Å². The lowest BCUT2D eigenvalue weighted by atomic mass is 9.71. The Balaban J connectivity index is 1.84. The first kappa shape index (κ1) is 14.8. The molecule has 2 N–H and O–H groups in total. The summed E-state index contributed by atoms with van der Waals surface area (Å²) in [5, 5.41) is 13.9. The number of hydrogen-bond acceptors (Lipinski definition) is 3. The lowest BCUT2D eigenvalue weighted by Crippen LogP contribution is -2.56. The first-order valence-electron chi connectivity index (χ1n) is 7.78. The first-order chi connectivity index (χ1) is 9.05. The molecule has 2 aliphatic rings. The summed E-state index contributed by atoms with van der Waals surface area (Å²) in [6, 6.07) is 0.389. The van der Waals surface area contributed by atoms with Gasteiger partial charge < -0.3 is 15.3 Å². The highest BCUT2D eigenvalue weighted by atomic mass is 16.3. The number of fused-ring (bicyclic) bond motifs is 1. The zero-order valence-corrected chi connectivity index (χ0v) is 12.3. The number of aliphatic hydroxyl groups is 1. The number of hydrogen-bond donors (Lipinski definition) is 2. The van der Waals surface area contributed by atoms with E-state index in [4.69, 9.17) is 0 Å². The number of rotatable bonds is 4. The van der Waals surface area contributed by atoms with Crippen molar-refractivity contribution < 1.29 is 9.90 Å². The summed E-state index contributed by atoms with van der Waals surface area (Å²) >= 11 is 0. The van der Waals surface area contributed by atoms with Crippen LogP contribution in [0.4, 0.5) is 0 Å². The van der Waals surface area contributed by atoms with Gasteiger partial charge in [-0.1, -0.05) is 19.8 Å². The van der Waals surface area contributed by atoms with Crippen LogP contribution < -0.4 is 5.32 Å². The van der Waals surface area contributed by atoms with Gasteiger partial charge in [-0.05, 0) is 32.6 Å². The van der Waals surface area contributed by atoms with Crippen LogP contribution in [-0.2, 0) is 4.79 Å². The highest BCUT2D eigenvalue weighted by Gasteiger charge is 2.43. The summed E-state index contributed by atoms with van der Waals surface area (Å²) in [7, 11) is 0. The molecule has 2 rings (SSSR count). The molecule has 19 heavy (non-hydrogen) atoms. The van der Waals surface area contributed by atoms with Gasteiger partial charge in [-0.3, -0.25) is 4.79 Å². The van der Waals surface area contributed by atoms with Crippen molar-refractivity contribution in [1.29, 1.82) is 0 Å². The molecule has 110 valence electrons. The molecule has 4 nitrogen and oxygen atoms in total. The van der Waals surface area contributed by atoms with Gasteiger partial charge in [-0.2, -0.15) is 0 Å². The molecule has 1 amide bonds. The van der Waals surface area contributed by atoms with Crippen LogP contribution in [0.15, 0.2) is 0 Å². The van der Waals surface area contributed by atoms with Crippen molar-refractivity contribution in [3.63, 3.8) is 0 Å². The molecule has 0 aromatic carbocycles. The molecule has 0 radical (unpaired) electrons. The third-order valence-electron chi connectivity index (χ3n) is 4.99. The number of nitrogens with zero attached hydrogens (tertiary/aromatic N) is 1. The fraction of sp³-hybridized carbons (Fsp3) is 0.933. The first-order valence-corrected chi connectivity index (χ1v) is 7.78. The van der Waals surface area contributed by atoms with Crippen LogP contribution >= 0.6 is 0 Å². The molecule has 3 atom stereocenters. The number of likely N-dealkylation sites (tertiary alicyclic amines) is 1. The van der Waals surface area contributed by atoms with Crippen LogP contribution in [0.1, 0.15) is 52.4 Å². The second kappa shape index (κ2) is 6.23. The van der Waals surface area contributed by atoms with E-state index in [9.17, 15) is 9.90 Å². The minimum atomic E-state index is -0.487. The number of piperidine rings is 1. The van der Waals surface area contributed by atoms with Gasteiger partial charge in [0.15, 0.2) is 0 Å². The Hall–Kier alpha value is -0.610. The van der Waals surface area contributed by atoms with Crippen LogP contribution in [0, 0.1) is 5.92 Å². The molecule has 0 bridgehead atoms. The Morgan fingerprint density at radius 1 is 1.47 bits per heavy atom. The summed E-state index contributed by atoms with van der Waals surface area (Å²) in [5.41, 5.74) is -0.487. The van der Waals surface area contributed by atoms with Crippen molar-refractivity contribution in [3.05, 3.63) is 0 Å². The largest absolute Gasteiger partial charge is 0.389 e. The topological polar surface area (TPSA) is 52.6 Å². The van der Waals surface area contributed by atoms with Crippen LogP contribution in [0.2, 0.25) is 0 Å². The standard InChI is InChI=1S/C15H28N2O2/c1-3-12(2)16-10-14(18)17-9-8-15(19)7-5-4-6-13(15)11-17/h12-13,16,19H,3-11H2,1-2H3. The Morgan fingerprint density at radius 2 is 2.26 bits per heavy atom. The summed E-state index contributed by atoms with van der Waals surface area (Å²) in [5.74, 6) is 0.482. The highest BCUT2D eigenvalue weighted by molar-refractivity contribution is 5.78. The van der Waals surface area contributed by atoms with E-state index in [0.29, 0.717) is 25.0 Å². The fourth-order valence-electron chi connectivity index (χ4n) is 3.32. The second-order valence-electron chi connectivity index (χ2n) is 6.33. The van der Waals surface area contributed by atoms with Gasteiger partial charge in [0, 0.05) is 25.0 Å². The zero-order valence-electron chi connectivity index (χ0n) is 12.3. The van der Waals surface area contributed by atoms with Crippen LogP contribution in [0.25, 0.3) is 0 Å². The van der Waals surface area contributed by atoms with Crippen molar-refractivity contribution in [3.8, 4) is 0 Å². The van der Waals surface area contributed by atoms with Crippen LogP contribution in [0.5, 0.6) is 0 Å². The number of nitrogens with one attached hydrogen (secondary N) is 1. The zero-order chi connectivity index (χ0) is 13.9. The van der Waals surface area contributed by atoms with E-state index < -0.39 is 5.60 Å². The Bertz CT molecular complexity index is 321. The maximum Gasteiger partial charge on any atom is 0.236 e. The lowest BCUT2D eigenvalue weighted by Gasteiger charge is -2.47. The SMILES string of the molecule is CCC(C)NCC(=O)N1CCC2(O)CCCCC2C1. The monoisotopic (exact) mass is 268 g/mol. The average molecular weight is 268 g/mol. The molecule has 3 unspecified atom stereocenters. The Morgan fingerprint density at radius 3 is 3.00 bits per heavy atom. The quantitative estimate of drug-likeness (QED) is 0.813. The van der Waals surface area contributed by atoms with Crippen molar-refractivity contribution in [2.24, 2.45) is 5.92 Å². The van der Waals surface area contributed by atoms with Gasteiger partial charge in [0.2, 0.25) is 5.91 Å². The molecule has 0 spiro atoms. The minimum Gasteiger partial charge on any atom is -0.389 e. The van der Waals surface area contributed by atoms with Gasteiger partial charge >= 0.3 is 0 Å². The molecule has 1 saturated carbocycles. The van der Waals surface area contributed by atoms with Crippen molar-refractivity contribution in [1.82, 2.24) is 10.2 Å². The summed E-state index contributed by atoms with van der Waals surface area (Å²) in [6.07, 6.45) is 6.11. The molecule has 1 heterocycles. The van der Waals surface area contributed by atoms with E-state index in [1.54, 1.807) is 0 Å². The third-order valence-corrected chi connectivity index (χ3v) is 4.99. The van der Waals surface area contributed by atoms with E-state index in [0.717, 1.165) is 38.6 Å². The molecule has 2 fully saturated rings. The lowest BCUT2D eigenvalue weighted by molar-refractivity contribution is -0.142. The smallest absolute Gasteiger partial charge is 0.236 e. The molecule has 1 aliphatic carbocycles. The summed E-state index contributed by atoms with van der Waals surface area (Å²) in [4.78, 5) is 14.1. The van der Waals surface area contributed by atoms with E-state index in [-0.39, 0.29) is 5.91 Å². The van der Waals surface area contributed by atoms with Gasteiger partial charge in [0.1, 0.15) is 0 Å². The van der Waals surface area contributed by atoms with Crippen LogP contribution in [-0.4, -0.2) is 47.2 Å². The predicted molar refractivity (Wildman–Crippen MR) is 75.9 cm³/mol. The molecular weight excluding hydrogens is 240 g/mol. The molecule has 0 aromatic heterocycles. The normalized spacial score (nSPS) is 32.8. The Labute approximate surface area is 116 Å². The molecule has 1 saturated heterocycles. The highest BCUT2D eigenvalue weighted by Crippen LogP contribution is 2.39. The van der Waals surface area contributed by atoms with Gasteiger partial charge in [0.25, 0.3) is 0 Å². The molecule has 1 aliphatic heterocycles. The molecule has 0 aromatic rings. The van der Waals surface area contributed by atoms with Crippen molar-refractivity contribution in [2.75, 3.05) is 19.6 Å². The maximum atomic E-state index is 12.2. The van der Waals surface area contributed by atoms with Gasteiger partial charge in [-0.15, -0.1) is 0 Å². The molecule has 4 heteroatoms. The predicted octanol–water partition coefficient (Wildman–Crippen LogP) is 1.53. The third kappa shape index (κ3) is 3.48. The number of amides is 1. The van der Waals surface area contributed by atoms with E-state index >= 15 is 0 Å². The number of carbonyl (C=O) groups excluding carboxylic acids is 1. The number of carbonyl (C=O) groups is 1. The molecular formula is C15H28N2O2.